The molecule has 2 aromatic carbocycles. The van der Waals surface area contributed by atoms with E-state index in [1.54, 1.807) is 19.1 Å². The third kappa shape index (κ3) is 5.30. The summed E-state index contributed by atoms with van der Waals surface area (Å²) in [4.78, 5) is 26.3. The van der Waals surface area contributed by atoms with Crippen LogP contribution in [0.2, 0.25) is 0 Å². The highest BCUT2D eigenvalue weighted by Crippen LogP contribution is 2.47. The van der Waals surface area contributed by atoms with Gasteiger partial charge in [-0.15, -0.1) is 0 Å². The van der Waals surface area contributed by atoms with Gasteiger partial charge in [-0.05, 0) is 56.1 Å². The van der Waals surface area contributed by atoms with Crippen LogP contribution in [0.5, 0.6) is 0 Å². The van der Waals surface area contributed by atoms with Crippen molar-refractivity contribution in [3.8, 4) is 0 Å². The maximum absolute atomic E-state index is 14.3. The fourth-order valence-electron chi connectivity index (χ4n) is 3.71. The van der Waals surface area contributed by atoms with Crippen LogP contribution in [0.3, 0.4) is 0 Å². The monoisotopic (exact) mass is 396 g/mol. The van der Waals surface area contributed by atoms with E-state index in [9.17, 15) is 14.0 Å². The number of Topliss-reactive ketones (excluding diaryl/α,β-unsaturated/α-hetero) is 1. The number of likely N-dealkylation sites (N-methyl/N-ethyl adjacent to an activating group) is 1. The van der Waals surface area contributed by atoms with E-state index in [1.807, 2.05) is 37.2 Å². The molecule has 3 rings (SSSR count). The Bertz CT molecular complexity index is 866. The van der Waals surface area contributed by atoms with Crippen LogP contribution in [0.4, 0.5) is 4.39 Å². The van der Waals surface area contributed by atoms with Crippen LogP contribution in [0.1, 0.15) is 47.2 Å². The first kappa shape index (κ1) is 21.2. The van der Waals surface area contributed by atoms with Crippen molar-refractivity contribution in [3.63, 3.8) is 0 Å². The summed E-state index contributed by atoms with van der Waals surface area (Å²) in [7, 11) is 3.90. The maximum atomic E-state index is 14.3. The lowest BCUT2D eigenvalue weighted by Gasteiger charge is -2.25. The highest BCUT2D eigenvalue weighted by molar-refractivity contribution is 5.96. The quantitative estimate of drug-likeness (QED) is 0.656. The van der Waals surface area contributed by atoms with Crippen molar-refractivity contribution in [2.45, 2.75) is 38.1 Å². The van der Waals surface area contributed by atoms with Gasteiger partial charge in [-0.1, -0.05) is 43.3 Å². The molecular formula is C24H29FN2O2. The van der Waals surface area contributed by atoms with Crippen LogP contribution in [0.15, 0.2) is 48.5 Å². The number of benzene rings is 2. The van der Waals surface area contributed by atoms with Crippen LogP contribution in [0.25, 0.3) is 0 Å². The Morgan fingerprint density at radius 2 is 1.90 bits per heavy atom. The SMILES string of the molecule is CCC(=O)c1ccc(C[C@@H](CNC(=O)[C@@H]2C[C@H]2c2ccccc2)N(C)C)cc1F. The lowest BCUT2D eigenvalue weighted by molar-refractivity contribution is -0.122. The first-order valence-corrected chi connectivity index (χ1v) is 10.2. The van der Waals surface area contributed by atoms with Crippen LogP contribution in [-0.4, -0.2) is 43.3 Å². The second-order valence-electron chi connectivity index (χ2n) is 8.02. The average Bonchev–Trinajstić information content (AvgIpc) is 3.52. The van der Waals surface area contributed by atoms with Crippen molar-refractivity contribution in [1.82, 2.24) is 10.2 Å². The molecule has 0 heterocycles. The van der Waals surface area contributed by atoms with E-state index < -0.39 is 5.82 Å². The lowest BCUT2D eigenvalue weighted by Crippen LogP contribution is -2.42. The number of nitrogens with zero attached hydrogens (tertiary/aromatic N) is 1. The molecule has 1 N–H and O–H groups in total. The molecular weight excluding hydrogens is 367 g/mol. The third-order valence-electron chi connectivity index (χ3n) is 5.72. The molecule has 5 heteroatoms. The summed E-state index contributed by atoms with van der Waals surface area (Å²) >= 11 is 0. The van der Waals surface area contributed by atoms with Gasteiger partial charge in [0.05, 0.1) is 5.56 Å². The number of hydrogen-bond acceptors (Lipinski definition) is 3. The molecule has 1 aliphatic carbocycles. The van der Waals surface area contributed by atoms with Gasteiger partial charge in [0.1, 0.15) is 5.82 Å². The fraction of sp³-hybridized carbons (Fsp3) is 0.417. The van der Waals surface area contributed by atoms with E-state index in [0.717, 1.165) is 12.0 Å². The van der Waals surface area contributed by atoms with Gasteiger partial charge < -0.3 is 10.2 Å². The molecule has 154 valence electrons. The molecule has 0 bridgehead atoms. The number of rotatable bonds is 9. The maximum Gasteiger partial charge on any atom is 0.223 e. The summed E-state index contributed by atoms with van der Waals surface area (Å²) < 4.78 is 14.3. The Kier molecular flexibility index (Phi) is 6.80. The smallest absolute Gasteiger partial charge is 0.223 e. The summed E-state index contributed by atoms with van der Waals surface area (Å²) in [5, 5.41) is 3.07. The second-order valence-corrected chi connectivity index (χ2v) is 8.02. The van der Waals surface area contributed by atoms with Gasteiger partial charge in [-0.25, -0.2) is 4.39 Å². The minimum atomic E-state index is -0.473. The largest absolute Gasteiger partial charge is 0.354 e. The Hall–Kier alpha value is -2.53. The zero-order chi connectivity index (χ0) is 21.0. The minimum absolute atomic E-state index is 0.0389. The standard InChI is InChI=1S/C24H29FN2O2/c1-4-23(28)19-11-10-16(13-22(19)25)12-18(27(2)3)15-26-24(29)21-14-20(21)17-8-6-5-7-9-17/h5-11,13,18,20-21H,4,12,14-15H2,1-3H3,(H,26,29)/t18-,20-,21+/m0/s1. The molecule has 3 atom stereocenters. The van der Waals surface area contributed by atoms with E-state index >= 15 is 0 Å². The Labute approximate surface area is 172 Å². The van der Waals surface area contributed by atoms with Crippen LogP contribution < -0.4 is 5.32 Å². The minimum Gasteiger partial charge on any atom is -0.354 e. The van der Waals surface area contributed by atoms with E-state index in [-0.39, 0.29) is 35.6 Å². The van der Waals surface area contributed by atoms with Crippen molar-refractivity contribution in [1.29, 1.82) is 0 Å². The third-order valence-corrected chi connectivity index (χ3v) is 5.72. The van der Waals surface area contributed by atoms with Crippen molar-refractivity contribution in [2.75, 3.05) is 20.6 Å². The van der Waals surface area contributed by atoms with Gasteiger partial charge in [-0.2, -0.15) is 0 Å². The molecule has 2 aromatic rings. The summed E-state index contributed by atoms with van der Waals surface area (Å²) in [5.41, 5.74) is 2.18. The number of amides is 1. The molecule has 0 saturated heterocycles. The van der Waals surface area contributed by atoms with Gasteiger partial charge in [0.15, 0.2) is 5.78 Å². The zero-order valence-corrected chi connectivity index (χ0v) is 17.3. The van der Waals surface area contributed by atoms with Crippen molar-refractivity contribution in [2.24, 2.45) is 5.92 Å². The molecule has 29 heavy (non-hydrogen) atoms. The highest BCUT2D eigenvalue weighted by atomic mass is 19.1. The predicted molar refractivity (Wildman–Crippen MR) is 113 cm³/mol. The van der Waals surface area contributed by atoms with Gasteiger partial charge in [-0.3, -0.25) is 9.59 Å². The van der Waals surface area contributed by atoms with Gasteiger partial charge in [0.2, 0.25) is 5.91 Å². The zero-order valence-electron chi connectivity index (χ0n) is 17.3. The fourth-order valence-corrected chi connectivity index (χ4v) is 3.71. The number of hydrogen-bond donors (Lipinski definition) is 1. The Morgan fingerprint density at radius 3 is 2.52 bits per heavy atom. The first-order chi connectivity index (χ1) is 13.9. The molecule has 0 aliphatic heterocycles. The summed E-state index contributed by atoms with van der Waals surface area (Å²) in [5.74, 6) is -0.230. The second kappa shape index (κ2) is 9.31. The number of nitrogens with one attached hydrogen (secondary N) is 1. The molecule has 1 fully saturated rings. The topological polar surface area (TPSA) is 49.4 Å². The lowest BCUT2D eigenvalue weighted by atomic mass is 10.0. The summed E-state index contributed by atoms with van der Waals surface area (Å²) in [6.07, 6.45) is 1.77. The van der Waals surface area contributed by atoms with E-state index in [1.165, 1.54) is 11.6 Å². The van der Waals surface area contributed by atoms with Crippen LogP contribution >= 0.6 is 0 Å². The van der Waals surface area contributed by atoms with Crippen molar-refractivity contribution >= 4 is 11.7 Å². The Morgan fingerprint density at radius 1 is 1.17 bits per heavy atom. The highest BCUT2D eigenvalue weighted by Gasteiger charge is 2.43. The average molecular weight is 397 g/mol. The number of carbonyl (C=O) groups is 2. The summed E-state index contributed by atoms with van der Waals surface area (Å²) in [6, 6.07) is 15.0. The van der Waals surface area contributed by atoms with E-state index in [0.29, 0.717) is 18.9 Å². The molecule has 0 spiro atoms. The summed E-state index contributed by atoms with van der Waals surface area (Å²) in [6.45, 7) is 2.23. The van der Waals surface area contributed by atoms with Crippen LogP contribution in [-0.2, 0) is 11.2 Å². The normalized spacial score (nSPS) is 19.1. The number of halogens is 1. The first-order valence-electron chi connectivity index (χ1n) is 10.2. The Balaban J connectivity index is 1.56. The number of ketones is 1. The molecule has 4 nitrogen and oxygen atoms in total. The van der Waals surface area contributed by atoms with Gasteiger partial charge >= 0.3 is 0 Å². The molecule has 0 unspecified atom stereocenters. The number of carbonyl (C=O) groups excluding carboxylic acids is 2. The van der Waals surface area contributed by atoms with Crippen LogP contribution in [0, 0.1) is 11.7 Å². The van der Waals surface area contributed by atoms with Crippen molar-refractivity contribution in [3.05, 3.63) is 71.0 Å². The molecule has 0 radical (unpaired) electrons. The molecule has 0 aromatic heterocycles. The molecule has 1 saturated carbocycles. The van der Waals surface area contributed by atoms with Gasteiger partial charge in [0.25, 0.3) is 0 Å². The van der Waals surface area contributed by atoms with Crippen molar-refractivity contribution < 1.29 is 14.0 Å². The van der Waals surface area contributed by atoms with Gasteiger partial charge in [0, 0.05) is 24.9 Å². The molecule has 1 amide bonds. The van der Waals surface area contributed by atoms with E-state index in [4.69, 9.17) is 0 Å². The molecule has 1 aliphatic rings. The predicted octanol–water partition coefficient (Wildman–Crippen LogP) is 3.81. The van der Waals surface area contributed by atoms with E-state index in [2.05, 4.69) is 17.4 Å².